The van der Waals surface area contributed by atoms with Gasteiger partial charge in [-0.1, -0.05) is 33.3 Å². The first kappa shape index (κ1) is 14.5. The lowest BCUT2D eigenvalue weighted by molar-refractivity contribution is 0.296. The lowest BCUT2D eigenvalue weighted by Crippen LogP contribution is -2.42. The van der Waals surface area contributed by atoms with Crippen molar-refractivity contribution in [3.8, 4) is 0 Å². The Labute approximate surface area is 117 Å². The number of nitrogens with two attached hydrogens (primary N) is 1. The van der Waals surface area contributed by atoms with Crippen LogP contribution in [0.25, 0.3) is 0 Å². The van der Waals surface area contributed by atoms with Crippen molar-refractivity contribution in [2.75, 3.05) is 0 Å². The molecule has 2 nitrogen and oxygen atoms in total. The Bertz CT molecular complexity index is 408. The molecular formula is C17H28N2. The first-order valence-corrected chi connectivity index (χ1v) is 7.65. The summed E-state index contributed by atoms with van der Waals surface area (Å²) in [4.78, 5) is 4.58. The van der Waals surface area contributed by atoms with Crippen LogP contribution in [-0.4, -0.2) is 10.5 Å². The Morgan fingerprint density at radius 3 is 2.58 bits per heavy atom. The molecule has 106 valence electrons. The first-order valence-electron chi connectivity index (χ1n) is 7.65. The van der Waals surface area contributed by atoms with Gasteiger partial charge in [-0.3, -0.25) is 4.98 Å². The number of hydrogen-bond donors (Lipinski definition) is 1. The van der Waals surface area contributed by atoms with Crippen LogP contribution in [0, 0.1) is 5.41 Å². The van der Waals surface area contributed by atoms with E-state index in [1.165, 1.54) is 24.8 Å². The topological polar surface area (TPSA) is 38.9 Å². The zero-order chi connectivity index (χ0) is 13.9. The molecule has 2 N–H and O–H groups in total. The predicted octanol–water partition coefficient (Wildman–Crippen LogP) is 3.87. The summed E-state index contributed by atoms with van der Waals surface area (Å²) in [5, 5.41) is 0. The molecule has 1 aromatic rings. The zero-order valence-corrected chi connectivity index (χ0v) is 12.7. The summed E-state index contributed by atoms with van der Waals surface area (Å²) in [7, 11) is 0. The molecule has 2 heteroatoms. The minimum atomic E-state index is -0.0471. The van der Waals surface area contributed by atoms with Crippen LogP contribution in [-0.2, 0) is 12.8 Å². The third-order valence-corrected chi connectivity index (χ3v) is 4.66. The maximum atomic E-state index is 6.64. The summed E-state index contributed by atoms with van der Waals surface area (Å²) in [5.41, 5.74) is 9.51. The molecule has 0 saturated heterocycles. The van der Waals surface area contributed by atoms with E-state index < -0.39 is 0 Å². The molecule has 0 radical (unpaired) electrons. The van der Waals surface area contributed by atoms with E-state index in [1.54, 1.807) is 0 Å². The molecule has 0 aromatic carbocycles. The SMILES string of the molecule is CCc1ccc(CC2(N)CCCC(C)(C)CC2)nc1. The van der Waals surface area contributed by atoms with E-state index in [0.29, 0.717) is 5.41 Å². The van der Waals surface area contributed by atoms with E-state index in [-0.39, 0.29) is 5.54 Å². The quantitative estimate of drug-likeness (QED) is 0.838. The van der Waals surface area contributed by atoms with Gasteiger partial charge in [-0.2, -0.15) is 0 Å². The standard InChI is InChI=1S/C17H28N2/c1-4-14-6-7-15(19-13-14)12-17(18)9-5-8-16(2,3)10-11-17/h6-7,13H,4-5,8-12,18H2,1-3H3. The molecule has 1 heterocycles. The van der Waals surface area contributed by atoms with Gasteiger partial charge in [0.1, 0.15) is 0 Å². The van der Waals surface area contributed by atoms with Gasteiger partial charge < -0.3 is 5.73 Å². The molecule has 0 aliphatic heterocycles. The first-order chi connectivity index (χ1) is 8.92. The van der Waals surface area contributed by atoms with E-state index in [4.69, 9.17) is 5.73 Å². The molecule has 1 saturated carbocycles. The highest BCUT2D eigenvalue weighted by molar-refractivity contribution is 5.16. The van der Waals surface area contributed by atoms with Crippen molar-refractivity contribution in [2.45, 2.75) is 71.3 Å². The van der Waals surface area contributed by atoms with Crippen LogP contribution in [0.15, 0.2) is 18.3 Å². The van der Waals surface area contributed by atoms with E-state index >= 15 is 0 Å². The number of rotatable bonds is 3. The second kappa shape index (κ2) is 5.62. The molecule has 0 bridgehead atoms. The summed E-state index contributed by atoms with van der Waals surface area (Å²) in [5.74, 6) is 0. The minimum absolute atomic E-state index is 0.0471. The van der Waals surface area contributed by atoms with Crippen LogP contribution in [0.2, 0.25) is 0 Å². The fourth-order valence-electron chi connectivity index (χ4n) is 3.06. The van der Waals surface area contributed by atoms with Gasteiger partial charge in [-0.05, 0) is 49.1 Å². The van der Waals surface area contributed by atoms with Crippen LogP contribution in [0.1, 0.15) is 64.1 Å². The van der Waals surface area contributed by atoms with E-state index in [2.05, 4.69) is 37.9 Å². The van der Waals surface area contributed by atoms with Crippen LogP contribution in [0.3, 0.4) is 0 Å². The van der Waals surface area contributed by atoms with Crippen LogP contribution >= 0.6 is 0 Å². The van der Waals surface area contributed by atoms with Crippen molar-refractivity contribution in [1.29, 1.82) is 0 Å². The molecule has 0 spiro atoms. The maximum Gasteiger partial charge on any atom is 0.0422 e. The molecule has 19 heavy (non-hydrogen) atoms. The second-order valence-corrected chi connectivity index (χ2v) is 7.07. The average molecular weight is 260 g/mol. The number of pyridine rings is 1. The molecular weight excluding hydrogens is 232 g/mol. The summed E-state index contributed by atoms with van der Waals surface area (Å²) in [6.07, 6.45) is 10.0. The molecule has 1 aliphatic carbocycles. The fourth-order valence-corrected chi connectivity index (χ4v) is 3.06. The second-order valence-electron chi connectivity index (χ2n) is 7.07. The third kappa shape index (κ3) is 4.04. The van der Waals surface area contributed by atoms with E-state index in [9.17, 15) is 0 Å². The highest BCUT2D eigenvalue weighted by Gasteiger charge is 2.32. The molecule has 1 aromatic heterocycles. The molecule has 0 amide bonds. The summed E-state index contributed by atoms with van der Waals surface area (Å²) in [6, 6.07) is 4.34. The Balaban J connectivity index is 2.03. The van der Waals surface area contributed by atoms with Gasteiger partial charge in [0.05, 0.1) is 0 Å². The van der Waals surface area contributed by atoms with Gasteiger partial charge in [0.2, 0.25) is 0 Å². The average Bonchev–Trinajstić information content (AvgIpc) is 2.50. The third-order valence-electron chi connectivity index (χ3n) is 4.66. The Morgan fingerprint density at radius 1 is 1.16 bits per heavy atom. The van der Waals surface area contributed by atoms with Crippen molar-refractivity contribution in [2.24, 2.45) is 11.1 Å². The Morgan fingerprint density at radius 2 is 1.95 bits per heavy atom. The summed E-state index contributed by atoms with van der Waals surface area (Å²) in [6.45, 7) is 6.90. The van der Waals surface area contributed by atoms with Gasteiger partial charge in [-0.15, -0.1) is 0 Å². The normalized spacial score (nSPS) is 26.9. The predicted molar refractivity (Wildman–Crippen MR) is 81.1 cm³/mol. The number of hydrogen-bond acceptors (Lipinski definition) is 2. The van der Waals surface area contributed by atoms with Crippen LogP contribution in [0.4, 0.5) is 0 Å². The Kier molecular flexibility index (Phi) is 4.29. The van der Waals surface area contributed by atoms with Crippen molar-refractivity contribution >= 4 is 0 Å². The maximum absolute atomic E-state index is 6.64. The smallest absolute Gasteiger partial charge is 0.0422 e. The molecule has 1 fully saturated rings. The van der Waals surface area contributed by atoms with Gasteiger partial charge in [0.15, 0.2) is 0 Å². The number of aromatic nitrogens is 1. The highest BCUT2D eigenvalue weighted by Crippen LogP contribution is 2.38. The van der Waals surface area contributed by atoms with Crippen molar-refractivity contribution in [1.82, 2.24) is 4.98 Å². The number of nitrogens with zero attached hydrogens (tertiary/aromatic N) is 1. The summed E-state index contributed by atoms with van der Waals surface area (Å²) < 4.78 is 0. The minimum Gasteiger partial charge on any atom is -0.325 e. The zero-order valence-electron chi connectivity index (χ0n) is 12.7. The van der Waals surface area contributed by atoms with Gasteiger partial charge >= 0.3 is 0 Å². The molecule has 1 aliphatic rings. The monoisotopic (exact) mass is 260 g/mol. The molecule has 1 atom stereocenters. The largest absolute Gasteiger partial charge is 0.325 e. The van der Waals surface area contributed by atoms with Crippen molar-refractivity contribution in [3.63, 3.8) is 0 Å². The van der Waals surface area contributed by atoms with Gasteiger partial charge in [0, 0.05) is 23.9 Å². The number of aryl methyl sites for hydroxylation is 1. The van der Waals surface area contributed by atoms with Gasteiger partial charge in [0.25, 0.3) is 0 Å². The summed E-state index contributed by atoms with van der Waals surface area (Å²) >= 11 is 0. The highest BCUT2D eigenvalue weighted by atomic mass is 14.8. The van der Waals surface area contributed by atoms with Crippen LogP contribution in [0.5, 0.6) is 0 Å². The molecule has 1 unspecified atom stereocenters. The van der Waals surface area contributed by atoms with Crippen molar-refractivity contribution < 1.29 is 0 Å². The molecule has 2 rings (SSSR count). The van der Waals surface area contributed by atoms with E-state index in [1.807, 2.05) is 6.20 Å². The Hall–Kier alpha value is -0.890. The lowest BCUT2D eigenvalue weighted by Gasteiger charge is -2.29. The van der Waals surface area contributed by atoms with E-state index in [0.717, 1.165) is 31.4 Å². The lowest BCUT2D eigenvalue weighted by atomic mass is 9.82. The fraction of sp³-hybridized carbons (Fsp3) is 0.706. The van der Waals surface area contributed by atoms with Crippen molar-refractivity contribution in [3.05, 3.63) is 29.6 Å². The van der Waals surface area contributed by atoms with Gasteiger partial charge in [-0.25, -0.2) is 0 Å². The van der Waals surface area contributed by atoms with Crippen LogP contribution < -0.4 is 5.73 Å².